The van der Waals surface area contributed by atoms with E-state index < -0.39 is 12.0 Å². The Bertz CT molecular complexity index is 769. The van der Waals surface area contributed by atoms with E-state index in [1.165, 1.54) is 6.08 Å². The van der Waals surface area contributed by atoms with E-state index in [4.69, 9.17) is 9.84 Å². The van der Waals surface area contributed by atoms with Gasteiger partial charge in [-0.15, -0.1) is 0 Å². The van der Waals surface area contributed by atoms with Crippen molar-refractivity contribution >= 4 is 18.0 Å². The Morgan fingerprint density at radius 2 is 1.79 bits per heavy atom. The van der Waals surface area contributed by atoms with E-state index in [2.05, 4.69) is 12.2 Å². The van der Waals surface area contributed by atoms with Crippen LogP contribution in [0.2, 0.25) is 0 Å². The van der Waals surface area contributed by atoms with Gasteiger partial charge in [0.15, 0.2) is 0 Å². The molecule has 0 saturated heterocycles. The molecular weight excluding hydrogens is 354 g/mol. The van der Waals surface area contributed by atoms with Gasteiger partial charge >= 0.3 is 11.9 Å². The second kappa shape index (κ2) is 11.7. The molecule has 2 aromatic rings. The first-order chi connectivity index (χ1) is 13.6. The summed E-state index contributed by atoms with van der Waals surface area (Å²) in [5.74, 6) is -0.895. The fraction of sp³-hybridized carbons (Fsp3) is 0.304. The molecule has 1 atom stereocenters. The number of benzene rings is 2. The minimum absolute atomic E-state index is 0.325. The number of hydrogen-bond acceptors (Lipinski definition) is 4. The molecule has 28 heavy (non-hydrogen) atoms. The van der Waals surface area contributed by atoms with Gasteiger partial charge < -0.3 is 15.2 Å². The SMILES string of the molecule is CCCCCN[C@@H](Cc1ccccc1)C(=O)Oc1ccc(/C=C/C(=O)O)cc1. The molecule has 5 nitrogen and oxygen atoms in total. The highest BCUT2D eigenvalue weighted by atomic mass is 16.5. The molecule has 0 heterocycles. The minimum atomic E-state index is -1.01. The molecule has 2 aromatic carbocycles. The molecule has 0 radical (unpaired) electrons. The Morgan fingerprint density at radius 3 is 2.43 bits per heavy atom. The summed E-state index contributed by atoms with van der Waals surface area (Å²) in [6, 6.07) is 16.2. The smallest absolute Gasteiger partial charge is 0.328 e. The fourth-order valence-electron chi connectivity index (χ4n) is 2.74. The van der Waals surface area contributed by atoms with Crippen LogP contribution in [0.3, 0.4) is 0 Å². The maximum Gasteiger partial charge on any atom is 0.328 e. The Labute approximate surface area is 166 Å². The summed E-state index contributed by atoms with van der Waals surface area (Å²) < 4.78 is 5.54. The molecule has 0 aliphatic carbocycles. The van der Waals surface area contributed by atoms with Crippen molar-refractivity contribution in [3.8, 4) is 5.75 Å². The molecule has 0 amide bonds. The second-order valence-electron chi connectivity index (χ2n) is 6.57. The number of carboxylic acids is 1. The zero-order valence-electron chi connectivity index (χ0n) is 16.1. The van der Waals surface area contributed by atoms with Crippen LogP contribution in [0.1, 0.15) is 37.3 Å². The summed E-state index contributed by atoms with van der Waals surface area (Å²) in [4.78, 5) is 23.3. The van der Waals surface area contributed by atoms with Crippen LogP contribution >= 0.6 is 0 Å². The van der Waals surface area contributed by atoms with Gasteiger partial charge in [-0.1, -0.05) is 62.2 Å². The number of carbonyl (C=O) groups is 2. The fourth-order valence-corrected chi connectivity index (χ4v) is 2.74. The molecular formula is C23H27NO4. The van der Waals surface area contributed by atoms with E-state index in [9.17, 15) is 9.59 Å². The van der Waals surface area contributed by atoms with Crippen molar-refractivity contribution < 1.29 is 19.4 Å². The quantitative estimate of drug-likeness (QED) is 0.265. The summed E-state index contributed by atoms with van der Waals surface area (Å²) in [5.41, 5.74) is 1.79. The van der Waals surface area contributed by atoms with E-state index in [0.29, 0.717) is 12.2 Å². The van der Waals surface area contributed by atoms with Gasteiger partial charge in [-0.25, -0.2) is 9.59 Å². The highest BCUT2D eigenvalue weighted by Crippen LogP contribution is 2.15. The summed E-state index contributed by atoms with van der Waals surface area (Å²) >= 11 is 0. The van der Waals surface area contributed by atoms with Crippen molar-refractivity contribution in [3.05, 3.63) is 71.8 Å². The first-order valence-corrected chi connectivity index (χ1v) is 9.58. The first-order valence-electron chi connectivity index (χ1n) is 9.58. The first kappa shape index (κ1) is 21.4. The number of esters is 1. The molecule has 0 bridgehead atoms. The van der Waals surface area contributed by atoms with Gasteiger partial charge in [0.25, 0.3) is 0 Å². The number of hydrogen-bond donors (Lipinski definition) is 2. The lowest BCUT2D eigenvalue weighted by molar-refractivity contribution is -0.136. The predicted octanol–water partition coefficient (Wildman–Crippen LogP) is 4.08. The van der Waals surface area contributed by atoms with Crippen molar-refractivity contribution in [3.63, 3.8) is 0 Å². The van der Waals surface area contributed by atoms with E-state index in [0.717, 1.165) is 43.0 Å². The average molecular weight is 381 g/mol. The van der Waals surface area contributed by atoms with Crippen LogP contribution in [0.4, 0.5) is 0 Å². The summed E-state index contributed by atoms with van der Waals surface area (Å²) in [6.45, 7) is 2.91. The summed E-state index contributed by atoms with van der Waals surface area (Å²) in [6.07, 6.45) is 6.37. The lowest BCUT2D eigenvalue weighted by Crippen LogP contribution is -2.41. The summed E-state index contributed by atoms with van der Waals surface area (Å²) in [5, 5.41) is 12.0. The standard InChI is InChI=1S/C23H27NO4/c1-2-3-7-16-24-21(17-19-8-5-4-6-9-19)23(27)28-20-13-10-18(11-14-20)12-15-22(25)26/h4-6,8-15,21,24H,2-3,7,16-17H2,1H3,(H,25,26)/b15-12+/t21-/m0/s1. The molecule has 0 aromatic heterocycles. The van der Waals surface area contributed by atoms with E-state index >= 15 is 0 Å². The minimum Gasteiger partial charge on any atom is -0.478 e. The maximum absolute atomic E-state index is 12.7. The van der Waals surface area contributed by atoms with Gasteiger partial charge in [-0.3, -0.25) is 0 Å². The highest BCUT2D eigenvalue weighted by molar-refractivity contribution is 5.85. The number of carboxylic acid groups (broad SMARTS) is 1. The third kappa shape index (κ3) is 7.76. The lowest BCUT2D eigenvalue weighted by atomic mass is 10.1. The van der Waals surface area contributed by atoms with E-state index in [1.54, 1.807) is 24.3 Å². The van der Waals surface area contributed by atoms with Gasteiger partial charge in [0.05, 0.1) is 0 Å². The molecule has 5 heteroatoms. The molecule has 2 rings (SSSR count). The van der Waals surface area contributed by atoms with Gasteiger partial charge in [0, 0.05) is 6.08 Å². The Morgan fingerprint density at radius 1 is 1.07 bits per heavy atom. The van der Waals surface area contributed by atoms with Crippen LogP contribution in [0.25, 0.3) is 6.08 Å². The normalized spacial score (nSPS) is 12.0. The number of aliphatic carboxylic acids is 1. The molecule has 0 aliphatic rings. The van der Waals surface area contributed by atoms with Crippen LogP contribution in [-0.4, -0.2) is 29.6 Å². The highest BCUT2D eigenvalue weighted by Gasteiger charge is 2.20. The third-order valence-electron chi connectivity index (χ3n) is 4.26. The molecule has 148 valence electrons. The Balaban J connectivity index is 2.00. The lowest BCUT2D eigenvalue weighted by Gasteiger charge is -2.18. The zero-order chi connectivity index (χ0) is 20.2. The summed E-state index contributed by atoms with van der Waals surface area (Å²) in [7, 11) is 0. The van der Waals surface area contributed by atoms with Crippen molar-refractivity contribution in [1.82, 2.24) is 5.32 Å². The van der Waals surface area contributed by atoms with Crippen LogP contribution in [0.15, 0.2) is 60.7 Å². The maximum atomic E-state index is 12.7. The molecule has 0 saturated carbocycles. The Hall–Kier alpha value is -2.92. The number of rotatable bonds is 11. The van der Waals surface area contributed by atoms with E-state index in [1.807, 2.05) is 30.3 Å². The molecule has 0 unspecified atom stereocenters. The second-order valence-corrected chi connectivity index (χ2v) is 6.57. The number of nitrogens with one attached hydrogen (secondary N) is 1. The number of carbonyl (C=O) groups excluding carboxylic acids is 1. The largest absolute Gasteiger partial charge is 0.478 e. The van der Waals surface area contributed by atoms with Crippen molar-refractivity contribution in [2.24, 2.45) is 0 Å². The van der Waals surface area contributed by atoms with Crippen molar-refractivity contribution in [2.45, 2.75) is 38.6 Å². The van der Waals surface area contributed by atoms with Gasteiger partial charge in [-0.2, -0.15) is 0 Å². The molecule has 2 N–H and O–H groups in total. The monoisotopic (exact) mass is 381 g/mol. The van der Waals surface area contributed by atoms with Crippen LogP contribution < -0.4 is 10.1 Å². The van der Waals surface area contributed by atoms with Crippen molar-refractivity contribution in [1.29, 1.82) is 0 Å². The van der Waals surface area contributed by atoms with Crippen LogP contribution in [0, 0.1) is 0 Å². The van der Waals surface area contributed by atoms with Gasteiger partial charge in [0.2, 0.25) is 0 Å². The predicted molar refractivity (Wildman–Crippen MR) is 110 cm³/mol. The molecule has 0 aliphatic heterocycles. The molecule has 0 fully saturated rings. The third-order valence-corrected chi connectivity index (χ3v) is 4.26. The average Bonchev–Trinajstić information content (AvgIpc) is 2.70. The zero-order valence-corrected chi connectivity index (χ0v) is 16.1. The number of unbranched alkanes of at least 4 members (excludes halogenated alkanes) is 2. The van der Waals surface area contributed by atoms with Gasteiger partial charge in [0.1, 0.15) is 11.8 Å². The Kier molecular flexibility index (Phi) is 8.95. The van der Waals surface area contributed by atoms with E-state index in [-0.39, 0.29) is 5.97 Å². The topological polar surface area (TPSA) is 75.6 Å². The number of ether oxygens (including phenoxy) is 1. The molecule has 0 spiro atoms. The van der Waals surface area contributed by atoms with Crippen molar-refractivity contribution in [2.75, 3.05) is 6.54 Å². The van der Waals surface area contributed by atoms with Gasteiger partial charge in [-0.05, 0) is 48.7 Å². The van der Waals surface area contributed by atoms with Crippen LogP contribution in [-0.2, 0) is 16.0 Å². The van der Waals surface area contributed by atoms with Crippen LogP contribution in [0.5, 0.6) is 5.75 Å².